The summed E-state index contributed by atoms with van der Waals surface area (Å²) in [6.07, 6.45) is 0. The maximum absolute atomic E-state index is 7.35. The summed E-state index contributed by atoms with van der Waals surface area (Å²) in [6, 6.07) is 75.3. The number of rotatable bonds is 4. The Balaban J connectivity index is 1.09. The van der Waals surface area contributed by atoms with Gasteiger partial charge < -0.3 is 9.30 Å². The highest BCUT2D eigenvalue weighted by atomic mass is 16.5. The molecule has 0 amide bonds. The van der Waals surface area contributed by atoms with E-state index in [1.54, 1.807) is 0 Å². The van der Waals surface area contributed by atoms with Gasteiger partial charge in [0.15, 0.2) is 17.4 Å². The highest BCUT2D eigenvalue weighted by molar-refractivity contribution is 6.14. The van der Waals surface area contributed by atoms with Crippen molar-refractivity contribution in [1.82, 2.24) is 24.1 Å². The molecule has 0 saturated heterocycles. The third-order valence-electron chi connectivity index (χ3n) is 13.5. The van der Waals surface area contributed by atoms with Crippen molar-refractivity contribution in [3.05, 3.63) is 235 Å². The van der Waals surface area contributed by atoms with Gasteiger partial charge in [0.25, 0.3) is 0 Å². The second-order valence-electron chi connectivity index (χ2n) is 16.7. The zero-order valence-corrected chi connectivity index (χ0v) is 34.4. The summed E-state index contributed by atoms with van der Waals surface area (Å²) in [6.45, 7) is 0. The van der Waals surface area contributed by atoms with E-state index in [1.807, 2.05) is 24.3 Å². The van der Waals surface area contributed by atoms with Crippen LogP contribution in [-0.2, 0) is 5.41 Å². The lowest BCUT2D eigenvalue weighted by atomic mass is 9.61. The van der Waals surface area contributed by atoms with Gasteiger partial charge >= 0.3 is 0 Å². The fraction of sp³-hybridized carbons (Fsp3) is 0.0172. The van der Waals surface area contributed by atoms with Gasteiger partial charge in [0.1, 0.15) is 11.3 Å². The van der Waals surface area contributed by atoms with Crippen LogP contribution in [0.3, 0.4) is 0 Å². The molecule has 1 unspecified atom stereocenters. The van der Waals surface area contributed by atoms with E-state index in [1.165, 1.54) is 32.9 Å². The van der Waals surface area contributed by atoms with Gasteiger partial charge in [-0.2, -0.15) is 9.97 Å². The topological polar surface area (TPSA) is 57.8 Å². The lowest BCUT2D eigenvalue weighted by molar-refractivity contribution is 0.437. The molecule has 5 heterocycles. The lowest BCUT2D eigenvalue weighted by Gasteiger charge is -2.45. The normalized spacial score (nSPS) is 14.8. The molecule has 6 heteroatoms. The quantitative estimate of drug-likeness (QED) is 0.177. The van der Waals surface area contributed by atoms with Crippen LogP contribution >= 0.6 is 0 Å². The molecule has 3 aromatic heterocycles. The maximum Gasteiger partial charge on any atom is 0.238 e. The van der Waals surface area contributed by atoms with Gasteiger partial charge in [0.2, 0.25) is 5.95 Å². The average molecular weight is 818 g/mol. The summed E-state index contributed by atoms with van der Waals surface area (Å²) in [5.74, 6) is 3.28. The molecule has 0 saturated carbocycles. The number of fused-ring (bicyclic) bond motifs is 15. The molecule has 2 aliphatic rings. The zero-order chi connectivity index (χ0) is 41.9. The van der Waals surface area contributed by atoms with E-state index in [4.69, 9.17) is 19.7 Å². The van der Waals surface area contributed by atoms with Crippen LogP contribution in [0.5, 0.6) is 11.5 Å². The minimum absolute atomic E-state index is 0.512. The van der Waals surface area contributed by atoms with Crippen LogP contribution in [0.25, 0.3) is 89.2 Å². The molecular formula is C58H35N5O. The Morgan fingerprint density at radius 1 is 0.344 bits per heavy atom. The Labute approximate surface area is 368 Å². The van der Waals surface area contributed by atoms with Crippen molar-refractivity contribution < 1.29 is 4.74 Å². The Morgan fingerprint density at radius 2 is 0.875 bits per heavy atom. The Hall–Kier alpha value is -8.61. The summed E-state index contributed by atoms with van der Waals surface area (Å²) < 4.78 is 12.0. The zero-order valence-electron chi connectivity index (χ0n) is 34.4. The van der Waals surface area contributed by atoms with Crippen molar-refractivity contribution in [1.29, 1.82) is 0 Å². The summed E-state index contributed by atoms with van der Waals surface area (Å²) in [4.78, 5) is 15.9. The van der Waals surface area contributed by atoms with Gasteiger partial charge in [-0.3, -0.25) is 4.57 Å². The van der Waals surface area contributed by atoms with Crippen LogP contribution in [0.1, 0.15) is 22.3 Å². The highest BCUT2D eigenvalue weighted by Gasteiger charge is 2.51. The number of aromatic nitrogens is 5. The molecule has 0 bridgehead atoms. The smallest absolute Gasteiger partial charge is 0.238 e. The van der Waals surface area contributed by atoms with E-state index in [9.17, 15) is 0 Å². The number of nitrogens with zero attached hydrogens (tertiary/aromatic N) is 5. The number of ether oxygens (including phenoxy) is 1. The number of para-hydroxylation sites is 5. The van der Waals surface area contributed by atoms with Gasteiger partial charge in [-0.25, -0.2) is 4.98 Å². The van der Waals surface area contributed by atoms with E-state index in [0.29, 0.717) is 17.6 Å². The molecule has 1 spiro atoms. The van der Waals surface area contributed by atoms with Crippen molar-refractivity contribution in [2.45, 2.75) is 5.41 Å². The highest BCUT2D eigenvalue weighted by Crippen LogP contribution is 2.61. The van der Waals surface area contributed by atoms with Gasteiger partial charge in [0.05, 0.1) is 27.7 Å². The average Bonchev–Trinajstić information content (AvgIpc) is 3.90. The predicted octanol–water partition coefficient (Wildman–Crippen LogP) is 13.9. The van der Waals surface area contributed by atoms with Crippen molar-refractivity contribution in [2.75, 3.05) is 0 Å². The summed E-state index contributed by atoms with van der Waals surface area (Å²) in [5, 5.41) is 4.59. The fourth-order valence-corrected chi connectivity index (χ4v) is 10.8. The van der Waals surface area contributed by atoms with Crippen molar-refractivity contribution in [3.8, 4) is 57.0 Å². The van der Waals surface area contributed by atoms with Crippen molar-refractivity contribution >= 4 is 43.6 Å². The molecule has 6 nitrogen and oxygen atoms in total. The first-order valence-corrected chi connectivity index (χ1v) is 21.7. The molecular weight excluding hydrogens is 783 g/mol. The second kappa shape index (κ2) is 13.2. The molecule has 0 aliphatic carbocycles. The number of hydrogen-bond donors (Lipinski definition) is 0. The molecule has 298 valence electrons. The number of hydrogen-bond acceptors (Lipinski definition) is 4. The molecule has 9 aromatic carbocycles. The van der Waals surface area contributed by atoms with Crippen molar-refractivity contribution in [3.63, 3.8) is 0 Å². The van der Waals surface area contributed by atoms with E-state index >= 15 is 0 Å². The van der Waals surface area contributed by atoms with E-state index in [-0.39, 0.29) is 0 Å². The van der Waals surface area contributed by atoms with Crippen LogP contribution in [0.15, 0.2) is 212 Å². The molecule has 0 radical (unpaired) electrons. The first kappa shape index (κ1) is 35.0. The SMILES string of the molecule is c1ccc(-c2ccc(-c3nc(-c4ccccc4)nc(-n4c5ccccc5c5ccc6c(c54)Oc4ccccc4C64c5ccccc5-n5c6ccccc6c6cccc4c65)n3)cc2)cc1. The van der Waals surface area contributed by atoms with E-state index in [2.05, 4.69) is 197 Å². The van der Waals surface area contributed by atoms with Gasteiger partial charge in [-0.05, 0) is 46.5 Å². The van der Waals surface area contributed by atoms with Gasteiger partial charge in [-0.15, -0.1) is 0 Å². The maximum atomic E-state index is 7.35. The Bertz CT molecular complexity index is 3870. The molecule has 1 atom stereocenters. The molecule has 0 fully saturated rings. The minimum atomic E-state index is -0.736. The van der Waals surface area contributed by atoms with Crippen LogP contribution in [0, 0.1) is 0 Å². The van der Waals surface area contributed by atoms with Gasteiger partial charge in [-0.1, -0.05) is 188 Å². The summed E-state index contributed by atoms with van der Waals surface area (Å²) >= 11 is 0. The third-order valence-corrected chi connectivity index (χ3v) is 13.5. The minimum Gasteiger partial charge on any atom is -0.454 e. The third kappa shape index (κ3) is 4.71. The molecule has 64 heavy (non-hydrogen) atoms. The molecule has 14 rings (SSSR count). The molecule has 0 N–H and O–H groups in total. The van der Waals surface area contributed by atoms with Crippen LogP contribution in [-0.4, -0.2) is 24.1 Å². The fourth-order valence-electron chi connectivity index (χ4n) is 10.8. The molecule has 2 aliphatic heterocycles. The molecule has 12 aromatic rings. The summed E-state index contributed by atoms with van der Waals surface area (Å²) in [7, 11) is 0. The van der Waals surface area contributed by atoms with Gasteiger partial charge in [0, 0.05) is 43.8 Å². The van der Waals surface area contributed by atoms with Crippen LogP contribution in [0.4, 0.5) is 0 Å². The monoisotopic (exact) mass is 817 g/mol. The Morgan fingerprint density at radius 3 is 1.62 bits per heavy atom. The largest absolute Gasteiger partial charge is 0.454 e. The standard InChI is InChI=1S/C58H35N5O/c1-3-16-36(17-4-1)37-30-32-39(33-31-37)56-59-55(38-18-5-2-6-19-38)60-57(61-56)63-49-27-12-8-21-41(49)43-34-35-47-54(53(43)63)64-51-29-14-10-24-45(51)58(47)44-23-9-13-28-50(44)62-48-26-11-7-20-40(48)42-22-15-25-46(58)52(42)62/h1-35H. The van der Waals surface area contributed by atoms with E-state index in [0.717, 1.165) is 72.4 Å². The predicted molar refractivity (Wildman–Crippen MR) is 257 cm³/mol. The van der Waals surface area contributed by atoms with Crippen LogP contribution in [0.2, 0.25) is 0 Å². The lowest BCUT2D eigenvalue weighted by Crippen LogP contribution is -2.37. The van der Waals surface area contributed by atoms with Crippen LogP contribution < -0.4 is 4.74 Å². The van der Waals surface area contributed by atoms with Crippen molar-refractivity contribution in [2.24, 2.45) is 0 Å². The first-order valence-electron chi connectivity index (χ1n) is 21.7. The number of benzene rings is 9. The first-order chi connectivity index (χ1) is 31.8. The Kier molecular flexibility index (Phi) is 7.22. The van der Waals surface area contributed by atoms with E-state index < -0.39 is 5.41 Å². The summed E-state index contributed by atoms with van der Waals surface area (Å²) in [5.41, 5.74) is 13.4. The second-order valence-corrected chi connectivity index (χ2v) is 16.7.